The van der Waals surface area contributed by atoms with Gasteiger partial charge < -0.3 is 0 Å². The molecular formula is C48H30N4. The second-order valence-electron chi connectivity index (χ2n) is 13.1. The number of benzene rings is 8. The molecule has 8 aromatic carbocycles. The lowest BCUT2D eigenvalue weighted by Crippen LogP contribution is -2.01. The molecule has 2 aromatic heterocycles. The second-order valence-corrected chi connectivity index (χ2v) is 13.1. The summed E-state index contributed by atoms with van der Waals surface area (Å²) in [6.45, 7) is 0. The minimum Gasteiger partial charge on any atom is -0.265 e. The Hall–Kier alpha value is -7.04. The topological polar surface area (TPSA) is 51.6 Å². The first-order chi connectivity index (χ1) is 25.8. The predicted octanol–water partition coefficient (Wildman–Crippen LogP) is 12.2. The van der Waals surface area contributed by atoms with Gasteiger partial charge in [-0.05, 0) is 108 Å². The van der Waals surface area contributed by atoms with Crippen LogP contribution in [0.15, 0.2) is 182 Å². The fraction of sp³-hybridized carbons (Fsp3) is 0. The highest BCUT2D eigenvalue weighted by molar-refractivity contribution is 6.16. The van der Waals surface area contributed by atoms with Crippen molar-refractivity contribution in [3.05, 3.63) is 182 Å². The van der Waals surface area contributed by atoms with Gasteiger partial charge in [0.15, 0.2) is 17.5 Å². The first kappa shape index (κ1) is 29.8. The van der Waals surface area contributed by atoms with Crippen LogP contribution in [0.2, 0.25) is 0 Å². The van der Waals surface area contributed by atoms with E-state index in [1.807, 2.05) is 42.5 Å². The van der Waals surface area contributed by atoms with Gasteiger partial charge in [-0.2, -0.15) is 0 Å². The summed E-state index contributed by atoms with van der Waals surface area (Å²) in [5.74, 6) is 1.83. The zero-order chi connectivity index (χ0) is 34.4. The molecule has 10 rings (SSSR count). The number of rotatable bonds is 5. The third-order valence-electron chi connectivity index (χ3n) is 9.92. The molecule has 0 amide bonds. The SMILES string of the molecule is c1ccc(-c2nc(-c3ccncc3)nc(-c3cc(-c4c5ccccc5cc5ccccc45)cc(-c4c5ccccc5cc5ccccc45)c3)n2)cc1. The van der Waals surface area contributed by atoms with Crippen molar-refractivity contribution < 1.29 is 0 Å². The molecule has 0 saturated heterocycles. The summed E-state index contributed by atoms with van der Waals surface area (Å²) in [6, 6.07) is 60.1. The van der Waals surface area contributed by atoms with Crippen LogP contribution < -0.4 is 0 Å². The molecule has 0 bridgehead atoms. The van der Waals surface area contributed by atoms with Crippen LogP contribution in [-0.2, 0) is 0 Å². The van der Waals surface area contributed by atoms with Gasteiger partial charge in [-0.25, -0.2) is 15.0 Å². The zero-order valence-electron chi connectivity index (χ0n) is 28.1. The molecule has 0 radical (unpaired) electrons. The predicted molar refractivity (Wildman–Crippen MR) is 215 cm³/mol. The quantitative estimate of drug-likeness (QED) is 0.172. The standard InChI is InChI=1S/C48H30N4/c1-2-12-31(13-3-1)46-50-47(32-22-24-49-25-23-32)52-48(51-46)39-29-37(44-40-18-8-4-14-33(40)26-34-15-5-9-19-41(34)44)28-38(30-39)45-42-20-10-6-16-35(42)27-36-17-7-11-21-43(36)45/h1-30H. The fourth-order valence-corrected chi connectivity index (χ4v) is 7.55. The maximum atomic E-state index is 5.18. The largest absolute Gasteiger partial charge is 0.265 e. The highest BCUT2D eigenvalue weighted by Crippen LogP contribution is 2.43. The van der Waals surface area contributed by atoms with Crippen molar-refractivity contribution in [2.24, 2.45) is 0 Å². The van der Waals surface area contributed by atoms with Crippen molar-refractivity contribution in [3.63, 3.8) is 0 Å². The van der Waals surface area contributed by atoms with Crippen LogP contribution in [0.4, 0.5) is 0 Å². The molecule has 4 heteroatoms. The summed E-state index contributed by atoms with van der Waals surface area (Å²) in [7, 11) is 0. The monoisotopic (exact) mass is 662 g/mol. The van der Waals surface area contributed by atoms with E-state index in [0.717, 1.165) is 27.8 Å². The van der Waals surface area contributed by atoms with Crippen molar-refractivity contribution >= 4 is 43.1 Å². The van der Waals surface area contributed by atoms with Gasteiger partial charge >= 0.3 is 0 Å². The second kappa shape index (κ2) is 12.4. The minimum atomic E-state index is 0.601. The lowest BCUT2D eigenvalue weighted by molar-refractivity contribution is 1.07. The van der Waals surface area contributed by atoms with Gasteiger partial charge in [0.2, 0.25) is 0 Å². The summed E-state index contributed by atoms with van der Waals surface area (Å²) in [5, 5.41) is 9.59. The number of hydrogen-bond donors (Lipinski definition) is 0. The van der Waals surface area contributed by atoms with Crippen LogP contribution in [0.5, 0.6) is 0 Å². The van der Waals surface area contributed by atoms with Crippen molar-refractivity contribution in [2.75, 3.05) is 0 Å². The third kappa shape index (κ3) is 5.17. The van der Waals surface area contributed by atoms with E-state index in [-0.39, 0.29) is 0 Å². The minimum absolute atomic E-state index is 0.601. The smallest absolute Gasteiger partial charge is 0.164 e. The van der Waals surface area contributed by atoms with Gasteiger partial charge in [0.1, 0.15) is 0 Å². The average molecular weight is 663 g/mol. The maximum Gasteiger partial charge on any atom is 0.164 e. The number of fused-ring (bicyclic) bond motifs is 4. The highest BCUT2D eigenvalue weighted by Gasteiger charge is 2.19. The van der Waals surface area contributed by atoms with E-state index >= 15 is 0 Å². The highest BCUT2D eigenvalue weighted by atomic mass is 15.0. The fourth-order valence-electron chi connectivity index (χ4n) is 7.55. The maximum absolute atomic E-state index is 5.18. The molecule has 0 aliphatic carbocycles. The molecule has 10 aromatic rings. The van der Waals surface area contributed by atoms with E-state index in [9.17, 15) is 0 Å². The molecule has 2 heterocycles. The summed E-state index contributed by atoms with van der Waals surface area (Å²) in [4.78, 5) is 19.6. The van der Waals surface area contributed by atoms with Crippen molar-refractivity contribution in [1.29, 1.82) is 0 Å². The molecule has 52 heavy (non-hydrogen) atoms. The Kier molecular flexibility index (Phi) is 7.10. The van der Waals surface area contributed by atoms with E-state index in [1.54, 1.807) is 12.4 Å². The molecule has 0 aliphatic heterocycles. The molecule has 0 saturated carbocycles. The molecule has 4 nitrogen and oxygen atoms in total. The van der Waals surface area contributed by atoms with Crippen LogP contribution >= 0.6 is 0 Å². The molecule has 0 aliphatic rings. The van der Waals surface area contributed by atoms with E-state index < -0.39 is 0 Å². The van der Waals surface area contributed by atoms with E-state index in [1.165, 1.54) is 54.2 Å². The van der Waals surface area contributed by atoms with Gasteiger partial charge in [0.05, 0.1) is 0 Å². The van der Waals surface area contributed by atoms with Gasteiger partial charge in [-0.3, -0.25) is 4.98 Å². The van der Waals surface area contributed by atoms with Gasteiger partial charge in [0, 0.05) is 29.1 Å². The molecule has 0 unspecified atom stereocenters. The number of nitrogens with zero attached hydrogens (tertiary/aromatic N) is 4. The van der Waals surface area contributed by atoms with Crippen molar-refractivity contribution in [3.8, 4) is 56.4 Å². The molecule has 0 N–H and O–H groups in total. The summed E-state index contributed by atoms with van der Waals surface area (Å²) >= 11 is 0. The van der Waals surface area contributed by atoms with Gasteiger partial charge in [-0.1, -0.05) is 127 Å². The first-order valence-electron chi connectivity index (χ1n) is 17.5. The van der Waals surface area contributed by atoms with Crippen LogP contribution in [0, 0.1) is 0 Å². The van der Waals surface area contributed by atoms with Crippen LogP contribution in [-0.4, -0.2) is 19.9 Å². The van der Waals surface area contributed by atoms with E-state index in [0.29, 0.717) is 17.5 Å². The number of pyridine rings is 1. The number of aromatic nitrogens is 4. The molecule has 0 spiro atoms. The van der Waals surface area contributed by atoms with Gasteiger partial charge in [0.25, 0.3) is 0 Å². The van der Waals surface area contributed by atoms with Crippen LogP contribution in [0.1, 0.15) is 0 Å². The Balaban J connectivity index is 1.33. The van der Waals surface area contributed by atoms with Crippen LogP contribution in [0.3, 0.4) is 0 Å². The first-order valence-corrected chi connectivity index (χ1v) is 17.5. The Labute approximate surface area is 300 Å². The number of hydrogen-bond acceptors (Lipinski definition) is 4. The zero-order valence-corrected chi connectivity index (χ0v) is 28.1. The normalized spacial score (nSPS) is 11.5. The third-order valence-corrected chi connectivity index (χ3v) is 9.92. The Morgan fingerprint density at radius 1 is 0.269 bits per heavy atom. The summed E-state index contributed by atoms with van der Waals surface area (Å²) < 4.78 is 0. The van der Waals surface area contributed by atoms with E-state index in [2.05, 4.69) is 132 Å². The van der Waals surface area contributed by atoms with Crippen molar-refractivity contribution in [1.82, 2.24) is 19.9 Å². The van der Waals surface area contributed by atoms with Crippen LogP contribution in [0.25, 0.3) is 99.5 Å². The van der Waals surface area contributed by atoms with Crippen molar-refractivity contribution in [2.45, 2.75) is 0 Å². The molecule has 0 atom stereocenters. The summed E-state index contributed by atoms with van der Waals surface area (Å²) in [6.07, 6.45) is 3.55. The average Bonchev–Trinajstić information content (AvgIpc) is 3.22. The molecule has 242 valence electrons. The lowest BCUT2D eigenvalue weighted by Gasteiger charge is -2.18. The Morgan fingerprint density at radius 2 is 0.615 bits per heavy atom. The van der Waals surface area contributed by atoms with E-state index in [4.69, 9.17) is 15.0 Å². The Bertz CT molecular complexity index is 2650. The van der Waals surface area contributed by atoms with Gasteiger partial charge in [-0.15, -0.1) is 0 Å². The summed E-state index contributed by atoms with van der Waals surface area (Å²) in [5.41, 5.74) is 7.30. The molecule has 0 fully saturated rings. The Morgan fingerprint density at radius 3 is 1.06 bits per heavy atom. The lowest BCUT2D eigenvalue weighted by atomic mass is 9.87. The molecular weight excluding hydrogens is 633 g/mol.